The molecule has 2 aromatic carbocycles. The van der Waals surface area contributed by atoms with E-state index in [1.165, 1.54) is 0 Å². The quantitative estimate of drug-likeness (QED) is 0.583. The van der Waals surface area contributed by atoms with E-state index in [-0.39, 0.29) is 5.56 Å². The highest BCUT2D eigenvalue weighted by Crippen LogP contribution is 2.31. The second kappa shape index (κ2) is 5.94. The largest absolute Gasteiger partial charge is 0.496 e. The Bertz CT molecular complexity index is 1150. The van der Waals surface area contributed by atoms with Crippen molar-refractivity contribution in [3.63, 3.8) is 0 Å². The molecule has 0 saturated carbocycles. The van der Waals surface area contributed by atoms with E-state index in [4.69, 9.17) is 4.74 Å². The Kier molecular flexibility index (Phi) is 3.61. The number of anilines is 1. The molecule has 0 radical (unpaired) electrons. The van der Waals surface area contributed by atoms with Crippen LogP contribution in [-0.2, 0) is 0 Å². The molecule has 0 aliphatic rings. The molecule has 4 aromatic rings. The van der Waals surface area contributed by atoms with Gasteiger partial charge in [-0.2, -0.15) is 0 Å². The summed E-state index contributed by atoms with van der Waals surface area (Å²) in [5, 5.41) is 4.63. The number of hydrogen-bond donors (Lipinski definition) is 1. The third-order valence-electron chi connectivity index (χ3n) is 4.35. The summed E-state index contributed by atoms with van der Waals surface area (Å²) < 4.78 is 7.17. The number of rotatable bonds is 3. The first kappa shape index (κ1) is 15.2. The number of aromatic nitrogens is 2. The van der Waals surface area contributed by atoms with E-state index >= 15 is 0 Å². The summed E-state index contributed by atoms with van der Waals surface area (Å²) in [4.78, 5) is 17.7. The van der Waals surface area contributed by atoms with Crippen molar-refractivity contribution in [2.45, 2.75) is 0 Å². The molecular weight excluding hydrogens is 314 g/mol. The van der Waals surface area contributed by atoms with Crippen molar-refractivity contribution in [3.05, 3.63) is 71.1 Å². The molecule has 1 N–H and O–H groups in total. The second-order valence-corrected chi connectivity index (χ2v) is 5.70. The third-order valence-corrected chi connectivity index (χ3v) is 4.35. The minimum atomic E-state index is -0.0760. The van der Waals surface area contributed by atoms with Crippen LogP contribution in [0.5, 0.6) is 5.75 Å². The molecule has 0 unspecified atom stereocenters. The fourth-order valence-corrected chi connectivity index (χ4v) is 3.16. The van der Waals surface area contributed by atoms with E-state index in [1.54, 1.807) is 24.8 Å². The Hall–Kier alpha value is -3.34. The number of fused-ring (bicyclic) bond motifs is 2. The van der Waals surface area contributed by atoms with Gasteiger partial charge in [-0.25, -0.2) is 4.98 Å². The molecular formula is C20H17N3O2. The molecule has 0 aliphatic carbocycles. The van der Waals surface area contributed by atoms with Crippen LogP contribution in [0.2, 0.25) is 0 Å². The van der Waals surface area contributed by atoms with Crippen molar-refractivity contribution in [2.75, 3.05) is 19.5 Å². The van der Waals surface area contributed by atoms with Crippen molar-refractivity contribution < 1.29 is 4.74 Å². The fraction of sp³-hybridized carbons (Fsp3) is 0.100. The van der Waals surface area contributed by atoms with Crippen LogP contribution in [0.3, 0.4) is 0 Å². The van der Waals surface area contributed by atoms with Crippen LogP contribution in [0.1, 0.15) is 0 Å². The van der Waals surface area contributed by atoms with E-state index in [0.717, 1.165) is 16.5 Å². The molecule has 0 atom stereocenters. The Labute approximate surface area is 144 Å². The highest BCUT2D eigenvalue weighted by molar-refractivity contribution is 5.89. The maximum atomic E-state index is 13.2. The molecule has 0 bridgehead atoms. The lowest BCUT2D eigenvalue weighted by molar-refractivity contribution is 0.416. The lowest BCUT2D eigenvalue weighted by atomic mass is 10.1. The molecule has 5 nitrogen and oxygen atoms in total. The molecule has 4 rings (SSSR count). The minimum absolute atomic E-state index is 0.0760. The Balaban J connectivity index is 2.20. The number of hydrogen-bond acceptors (Lipinski definition) is 4. The van der Waals surface area contributed by atoms with Crippen LogP contribution < -0.4 is 15.6 Å². The van der Waals surface area contributed by atoms with Crippen LogP contribution in [-0.4, -0.2) is 23.5 Å². The zero-order valence-electron chi connectivity index (χ0n) is 14.0. The van der Waals surface area contributed by atoms with Gasteiger partial charge in [-0.1, -0.05) is 30.3 Å². The molecule has 0 spiro atoms. The summed E-state index contributed by atoms with van der Waals surface area (Å²) in [5.74, 6) is 1.35. The number of nitrogens with one attached hydrogen (secondary N) is 1. The number of ether oxygens (including phenoxy) is 1. The Morgan fingerprint density at radius 3 is 2.64 bits per heavy atom. The monoisotopic (exact) mass is 331 g/mol. The molecule has 2 aromatic heterocycles. The van der Waals surface area contributed by atoms with Gasteiger partial charge in [0.1, 0.15) is 11.6 Å². The molecule has 124 valence electrons. The van der Waals surface area contributed by atoms with Gasteiger partial charge in [-0.05, 0) is 29.7 Å². The molecule has 0 amide bonds. The highest BCUT2D eigenvalue weighted by Gasteiger charge is 2.15. The maximum absolute atomic E-state index is 13.2. The second-order valence-electron chi connectivity index (χ2n) is 5.70. The van der Waals surface area contributed by atoms with Gasteiger partial charge in [0.2, 0.25) is 0 Å². The average Bonchev–Trinajstić information content (AvgIpc) is 2.67. The van der Waals surface area contributed by atoms with Crippen LogP contribution in [0.25, 0.3) is 27.5 Å². The number of para-hydroxylation sites is 1. The van der Waals surface area contributed by atoms with E-state index in [9.17, 15) is 4.79 Å². The predicted octanol–water partition coefficient (Wildman–Crippen LogP) is 3.57. The molecule has 5 heteroatoms. The number of benzene rings is 2. The average molecular weight is 331 g/mol. The van der Waals surface area contributed by atoms with Gasteiger partial charge in [0.15, 0.2) is 0 Å². The lowest BCUT2D eigenvalue weighted by Crippen LogP contribution is -2.17. The SMILES string of the molecule is CNc1ncc(-c2ccccc2OC)n2c(=O)c3ccccc3cc12. The van der Waals surface area contributed by atoms with Gasteiger partial charge in [0.05, 0.1) is 24.5 Å². The third kappa shape index (κ3) is 2.32. The first-order valence-electron chi connectivity index (χ1n) is 7.99. The molecule has 0 aliphatic heterocycles. The molecule has 0 fully saturated rings. The minimum Gasteiger partial charge on any atom is -0.496 e. The Morgan fingerprint density at radius 1 is 1.08 bits per heavy atom. The summed E-state index contributed by atoms with van der Waals surface area (Å²) in [5.41, 5.74) is 2.17. The van der Waals surface area contributed by atoms with Crippen molar-refractivity contribution in [2.24, 2.45) is 0 Å². The number of pyridine rings is 1. The van der Waals surface area contributed by atoms with Crippen molar-refractivity contribution >= 4 is 22.1 Å². The number of methoxy groups -OCH3 is 1. The van der Waals surface area contributed by atoms with E-state index in [1.807, 2.05) is 54.6 Å². The van der Waals surface area contributed by atoms with E-state index in [2.05, 4.69) is 10.3 Å². The Morgan fingerprint density at radius 2 is 1.84 bits per heavy atom. The van der Waals surface area contributed by atoms with E-state index < -0.39 is 0 Å². The first-order valence-corrected chi connectivity index (χ1v) is 7.99. The molecule has 2 heterocycles. The standard InChI is InChI=1S/C20H17N3O2/c1-21-19-16-11-13-7-3-4-8-14(13)20(24)23(16)17(12-22-19)15-9-5-6-10-18(15)25-2/h3-12H,1-2H3,(H,21,22). The molecule has 0 saturated heterocycles. The van der Waals surface area contributed by atoms with Gasteiger partial charge < -0.3 is 10.1 Å². The van der Waals surface area contributed by atoms with Gasteiger partial charge in [-0.3, -0.25) is 9.20 Å². The van der Waals surface area contributed by atoms with Crippen LogP contribution in [0.15, 0.2) is 65.6 Å². The van der Waals surface area contributed by atoms with Crippen molar-refractivity contribution in [1.29, 1.82) is 0 Å². The van der Waals surface area contributed by atoms with Crippen LogP contribution >= 0.6 is 0 Å². The topological polar surface area (TPSA) is 55.6 Å². The normalized spacial score (nSPS) is 11.0. The van der Waals surface area contributed by atoms with Crippen LogP contribution in [0, 0.1) is 0 Å². The zero-order chi connectivity index (χ0) is 17.4. The van der Waals surface area contributed by atoms with Gasteiger partial charge in [-0.15, -0.1) is 0 Å². The summed E-state index contributed by atoms with van der Waals surface area (Å²) in [6.45, 7) is 0. The van der Waals surface area contributed by atoms with Crippen molar-refractivity contribution in [1.82, 2.24) is 9.38 Å². The van der Waals surface area contributed by atoms with E-state index in [0.29, 0.717) is 22.6 Å². The molecule has 25 heavy (non-hydrogen) atoms. The number of nitrogens with zero attached hydrogens (tertiary/aromatic N) is 2. The smallest absolute Gasteiger partial charge is 0.263 e. The lowest BCUT2D eigenvalue weighted by Gasteiger charge is -2.15. The maximum Gasteiger partial charge on any atom is 0.263 e. The zero-order valence-corrected chi connectivity index (χ0v) is 14.0. The summed E-state index contributed by atoms with van der Waals surface area (Å²) in [6.07, 6.45) is 1.70. The predicted molar refractivity (Wildman–Crippen MR) is 101 cm³/mol. The van der Waals surface area contributed by atoms with Crippen LogP contribution in [0.4, 0.5) is 5.82 Å². The summed E-state index contributed by atoms with van der Waals surface area (Å²) in [7, 11) is 3.42. The highest BCUT2D eigenvalue weighted by atomic mass is 16.5. The van der Waals surface area contributed by atoms with Crippen molar-refractivity contribution in [3.8, 4) is 17.0 Å². The summed E-state index contributed by atoms with van der Waals surface area (Å²) >= 11 is 0. The fourth-order valence-electron chi connectivity index (χ4n) is 3.16. The first-order chi connectivity index (χ1) is 12.2. The van der Waals surface area contributed by atoms with Gasteiger partial charge in [0.25, 0.3) is 5.56 Å². The van der Waals surface area contributed by atoms with Gasteiger partial charge >= 0.3 is 0 Å². The summed E-state index contributed by atoms with van der Waals surface area (Å²) in [6, 6.07) is 17.2. The van der Waals surface area contributed by atoms with Gasteiger partial charge in [0, 0.05) is 18.0 Å².